The highest BCUT2D eigenvalue weighted by molar-refractivity contribution is 6.34. The number of phenolic OH excluding ortho intramolecular Hbond substituents is 2. The first kappa shape index (κ1) is 15.8. The van der Waals surface area contributed by atoms with E-state index in [1.807, 2.05) is 0 Å². The first-order valence-electron chi connectivity index (χ1n) is 7.08. The molecule has 0 saturated heterocycles. The molecule has 2 aromatic heterocycles. The number of nitrogens with one attached hydrogen (secondary N) is 1. The van der Waals surface area contributed by atoms with Crippen LogP contribution in [0.2, 0.25) is 5.15 Å². The van der Waals surface area contributed by atoms with Crippen molar-refractivity contribution in [2.45, 2.75) is 0 Å². The molecule has 120 valence electrons. The number of aromatic amines is 1. The molecule has 0 spiro atoms. The molecule has 6 heteroatoms. The Morgan fingerprint density at radius 2 is 1.50 bits per heavy atom. The molecule has 0 aliphatic carbocycles. The van der Waals surface area contributed by atoms with Gasteiger partial charge in [-0.15, -0.1) is 0 Å². The van der Waals surface area contributed by atoms with E-state index in [1.165, 1.54) is 6.07 Å². The number of phenols is 2. The van der Waals surface area contributed by atoms with Crippen LogP contribution in [-0.4, -0.2) is 20.2 Å². The van der Waals surface area contributed by atoms with Crippen LogP contribution in [0.5, 0.6) is 11.5 Å². The van der Waals surface area contributed by atoms with E-state index in [9.17, 15) is 4.79 Å². The van der Waals surface area contributed by atoms with Gasteiger partial charge in [0.2, 0.25) is 0 Å². The largest absolute Gasteiger partial charge is 0.508 e. The fraction of sp³-hybridized carbons (Fsp3) is 0. The zero-order valence-corrected chi connectivity index (χ0v) is 13.2. The lowest BCUT2D eigenvalue weighted by Crippen LogP contribution is -2.03. The second-order valence-corrected chi connectivity index (χ2v) is 5.44. The Morgan fingerprint density at radius 3 is 2.21 bits per heavy atom. The van der Waals surface area contributed by atoms with Crippen LogP contribution in [0, 0.1) is 0 Å². The highest BCUT2D eigenvalue weighted by Crippen LogP contribution is 2.24. The second-order valence-electron chi connectivity index (χ2n) is 5.09. The molecule has 4 aromatic rings. The monoisotopic (exact) mass is 340 g/mol. The molecule has 0 fully saturated rings. The molecular formula is C18H13ClN2O3. The zero-order chi connectivity index (χ0) is 17.1. The topological polar surface area (TPSA) is 86.2 Å². The van der Waals surface area contributed by atoms with Crippen LogP contribution in [-0.2, 0) is 0 Å². The molecule has 0 unspecified atom stereocenters. The van der Waals surface area contributed by atoms with E-state index >= 15 is 0 Å². The van der Waals surface area contributed by atoms with E-state index < -0.39 is 0 Å². The molecule has 0 radical (unpaired) electrons. The third kappa shape index (κ3) is 3.31. The van der Waals surface area contributed by atoms with Crippen molar-refractivity contribution in [3.63, 3.8) is 0 Å². The van der Waals surface area contributed by atoms with Gasteiger partial charge in [0.15, 0.2) is 0 Å². The lowest BCUT2D eigenvalue weighted by atomic mass is 10.2. The van der Waals surface area contributed by atoms with Gasteiger partial charge < -0.3 is 15.2 Å². The molecule has 0 amide bonds. The summed E-state index contributed by atoms with van der Waals surface area (Å²) in [6.45, 7) is 0. The van der Waals surface area contributed by atoms with E-state index in [0.717, 1.165) is 16.2 Å². The Bertz CT molecular complexity index is 1080. The first-order valence-corrected chi connectivity index (χ1v) is 7.46. The summed E-state index contributed by atoms with van der Waals surface area (Å²) in [6, 6.07) is 13.2. The normalized spacial score (nSPS) is 10.4. The number of hydrogen-bond donors (Lipinski definition) is 3. The fourth-order valence-electron chi connectivity index (χ4n) is 2.31. The minimum absolute atomic E-state index is 0.132. The predicted molar refractivity (Wildman–Crippen MR) is 94.7 cm³/mol. The number of hydrogen-bond acceptors (Lipinski definition) is 4. The third-order valence-corrected chi connectivity index (χ3v) is 3.76. The fourth-order valence-corrected chi connectivity index (χ4v) is 2.54. The van der Waals surface area contributed by atoms with Gasteiger partial charge >= 0.3 is 0 Å². The Kier molecular flexibility index (Phi) is 4.35. The van der Waals surface area contributed by atoms with Gasteiger partial charge in [0.25, 0.3) is 5.56 Å². The van der Waals surface area contributed by atoms with Gasteiger partial charge in [-0.1, -0.05) is 11.6 Å². The summed E-state index contributed by atoms with van der Waals surface area (Å²) in [4.78, 5) is 17.6. The van der Waals surface area contributed by atoms with Crippen molar-refractivity contribution in [2.75, 3.05) is 0 Å². The van der Waals surface area contributed by atoms with E-state index in [1.54, 1.807) is 54.9 Å². The van der Waals surface area contributed by atoms with Gasteiger partial charge in [-0.2, -0.15) is 0 Å². The van der Waals surface area contributed by atoms with Gasteiger partial charge in [-0.3, -0.25) is 4.79 Å². The molecule has 2 aromatic carbocycles. The van der Waals surface area contributed by atoms with E-state index in [0.29, 0.717) is 10.5 Å². The number of aromatic nitrogens is 2. The highest BCUT2D eigenvalue weighted by Gasteiger charge is 1.99. The molecule has 2 heterocycles. The summed E-state index contributed by atoms with van der Waals surface area (Å²) in [5, 5.41) is 21.8. The maximum absolute atomic E-state index is 11.2. The summed E-state index contributed by atoms with van der Waals surface area (Å²) in [5.41, 5.74) is -0.132. The molecule has 5 nitrogen and oxygen atoms in total. The minimum Gasteiger partial charge on any atom is -0.508 e. The van der Waals surface area contributed by atoms with Gasteiger partial charge in [0, 0.05) is 23.2 Å². The summed E-state index contributed by atoms with van der Waals surface area (Å²) in [5.74, 6) is 0.415. The molecule has 0 bridgehead atoms. The number of fused-ring (bicyclic) bond motifs is 2. The van der Waals surface area contributed by atoms with Crippen LogP contribution in [0.3, 0.4) is 0 Å². The van der Waals surface area contributed by atoms with Crippen molar-refractivity contribution in [1.82, 2.24) is 9.97 Å². The van der Waals surface area contributed by atoms with E-state index in [2.05, 4.69) is 9.97 Å². The predicted octanol–water partition coefficient (Wildman–Crippen LogP) is 3.83. The maximum atomic E-state index is 11.2. The number of benzene rings is 2. The summed E-state index contributed by atoms with van der Waals surface area (Å²) in [6.07, 6.45) is 3.17. The molecule has 0 aliphatic heterocycles. The lowest BCUT2D eigenvalue weighted by Gasteiger charge is -1.98. The number of aromatic hydroxyl groups is 2. The Balaban J connectivity index is 0.000000141. The first-order chi connectivity index (χ1) is 11.5. The number of rotatable bonds is 0. The SMILES string of the molecule is O=c1[nH]ccc2cc(O)ccc12.Oc1ccc2c(Cl)nccc2c1. The second kappa shape index (κ2) is 6.60. The molecule has 0 aliphatic rings. The van der Waals surface area contributed by atoms with Crippen LogP contribution in [0.15, 0.2) is 65.7 Å². The van der Waals surface area contributed by atoms with Crippen molar-refractivity contribution in [3.05, 3.63) is 76.4 Å². The van der Waals surface area contributed by atoms with Crippen molar-refractivity contribution in [3.8, 4) is 11.5 Å². The number of H-pyrrole nitrogens is 1. The van der Waals surface area contributed by atoms with E-state index in [-0.39, 0.29) is 17.1 Å². The highest BCUT2D eigenvalue weighted by atomic mass is 35.5. The van der Waals surface area contributed by atoms with Crippen LogP contribution in [0.25, 0.3) is 21.5 Å². The standard InChI is InChI=1S/C9H6ClNO.C9H7NO2/c10-9-8-2-1-7(12)5-6(8)3-4-11-9;11-7-1-2-8-6(5-7)3-4-10-9(8)12/h1-5,12H;1-5,11H,(H,10,12). The van der Waals surface area contributed by atoms with Gasteiger partial charge in [0.1, 0.15) is 16.7 Å². The number of pyridine rings is 2. The molecule has 0 saturated carbocycles. The minimum atomic E-state index is -0.132. The third-order valence-electron chi connectivity index (χ3n) is 3.46. The Morgan fingerprint density at radius 1 is 0.875 bits per heavy atom. The van der Waals surface area contributed by atoms with Crippen molar-refractivity contribution >= 4 is 33.1 Å². The lowest BCUT2D eigenvalue weighted by molar-refractivity contribution is 0.475. The van der Waals surface area contributed by atoms with Crippen molar-refractivity contribution < 1.29 is 10.2 Å². The molecular weight excluding hydrogens is 328 g/mol. The van der Waals surface area contributed by atoms with E-state index in [4.69, 9.17) is 21.8 Å². The van der Waals surface area contributed by atoms with Gasteiger partial charge in [0.05, 0.1) is 0 Å². The molecule has 4 rings (SSSR count). The summed E-state index contributed by atoms with van der Waals surface area (Å²) in [7, 11) is 0. The Labute approximate surface area is 141 Å². The molecule has 24 heavy (non-hydrogen) atoms. The van der Waals surface area contributed by atoms with Crippen molar-refractivity contribution in [1.29, 1.82) is 0 Å². The van der Waals surface area contributed by atoms with Crippen molar-refractivity contribution in [2.24, 2.45) is 0 Å². The maximum Gasteiger partial charge on any atom is 0.255 e. The molecule has 3 N–H and O–H groups in total. The Hall–Kier alpha value is -3.05. The van der Waals surface area contributed by atoms with Crippen LogP contribution in [0.4, 0.5) is 0 Å². The van der Waals surface area contributed by atoms with Gasteiger partial charge in [-0.25, -0.2) is 4.98 Å². The number of nitrogens with zero attached hydrogens (tertiary/aromatic N) is 1. The quantitative estimate of drug-likeness (QED) is 0.425. The van der Waals surface area contributed by atoms with Crippen LogP contribution < -0.4 is 5.56 Å². The summed E-state index contributed by atoms with van der Waals surface area (Å²) >= 11 is 5.82. The zero-order valence-electron chi connectivity index (χ0n) is 12.4. The average molecular weight is 341 g/mol. The van der Waals surface area contributed by atoms with Crippen LogP contribution in [0.1, 0.15) is 0 Å². The van der Waals surface area contributed by atoms with Gasteiger partial charge in [-0.05, 0) is 59.3 Å². The number of halogens is 1. The smallest absolute Gasteiger partial charge is 0.255 e. The average Bonchev–Trinajstić information content (AvgIpc) is 2.55. The molecule has 0 atom stereocenters. The summed E-state index contributed by atoms with van der Waals surface area (Å²) < 4.78 is 0. The van der Waals surface area contributed by atoms with Crippen LogP contribution >= 0.6 is 11.6 Å².